The Morgan fingerprint density at radius 1 is 1.00 bits per heavy atom. The predicted octanol–water partition coefficient (Wildman–Crippen LogP) is 3.38. The van der Waals surface area contributed by atoms with E-state index < -0.39 is 15.4 Å². The molecule has 2 aromatic rings. The zero-order valence-corrected chi connectivity index (χ0v) is 19.7. The minimum Gasteiger partial charge on any atom is -0.484 e. The van der Waals surface area contributed by atoms with Gasteiger partial charge in [-0.1, -0.05) is 25.5 Å². The molecule has 0 atom stereocenters. The molecule has 33 heavy (non-hydrogen) atoms. The lowest BCUT2D eigenvalue weighted by molar-refractivity contribution is -0.146. The number of unbranched alkanes of at least 4 members (excludes halogenated alkanes) is 1. The van der Waals surface area contributed by atoms with Crippen molar-refractivity contribution in [3.8, 4) is 5.75 Å². The van der Waals surface area contributed by atoms with Crippen molar-refractivity contribution in [2.75, 3.05) is 25.1 Å². The van der Waals surface area contributed by atoms with Crippen LogP contribution in [0.1, 0.15) is 45.1 Å². The molecule has 0 aliphatic heterocycles. The molecule has 0 bridgehead atoms. The average molecular weight is 475 g/mol. The SMILES string of the molecule is CCCCNS(=O)(=O)c1ccc(OCC(=O)Nc2ccc(C3(C(=O)OCC)CC3)cc2)cc1. The van der Waals surface area contributed by atoms with Crippen molar-refractivity contribution in [1.29, 1.82) is 0 Å². The number of carbonyl (C=O) groups is 2. The van der Waals surface area contributed by atoms with Gasteiger partial charge in [-0.3, -0.25) is 9.59 Å². The molecule has 8 nitrogen and oxygen atoms in total. The zero-order chi connectivity index (χ0) is 23.9. The van der Waals surface area contributed by atoms with Crippen molar-refractivity contribution in [1.82, 2.24) is 4.72 Å². The first-order valence-electron chi connectivity index (χ1n) is 11.1. The molecule has 0 aromatic heterocycles. The third-order valence-electron chi connectivity index (χ3n) is 5.46. The Hall–Kier alpha value is -2.91. The van der Waals surface area contributed by atoms with Crippen molar-refractivity contribution >= 4 is 27.6 Å². The summed E-state index contributed by atoms with van der Waals surface area (Å²) >= 11 is 0. The van der Waals surface area contributed by atoms with Crippen LogP contribution in [0.25, 0.3) is 0 Å². The molecule has 0 spiro atoms. The summed E-state index contributed by atoms with van der Waals surface area (Å²) in [5.41, 5.74) is 0.924. The van der Waals surface area contributed by atoms with Crippen molar-refractivity contribution in [2.24, 2.45) is 0 Å². The number of ether oxygens (including phenoxy) is 2. The monoisotopic (exact) mass is 474 g/mol. The second-order valence-corrected chi connectivity index (χ2v) is 9.71. The van der Waals surface area contributed by atoms with Gasteiger partial charge in [0.25, 0.3) is 5.91 Å². The van der Waals surface area contributed by atoms with E-state index in [0.29, 0.717) is 24.6 Å². The molecule has 0 radical (unpaired) electrons. The molecule has 2 N–H and O–H groups in total. The van der Waals surface area contributed by atoms with Gasteiger partial charge >= 0.3 is 5.97 Å². The van der Waals surface area contributed by atoms with E-state index in [-0.39, 0.29) is 23.4 Å². The molecule has 1 aliphatic carbocycles. The number of sulfonamides is 1. The van der Waals surface area contributed by atoms with E-state index in [1.807, 2.05) is 19.1 Å². The van der Waals surface area contributed by atoms with Crippen LogP contribution < -0.4 is 14.8 Å². The summed E-state index contributed by atoms with van der Waals surface area (Å²) in [6.07, 6.45) is 3.20. The van der Waals surface area contributed by atoms with E-state index in [9.17, 15) is 18.0 Å². The summed E-state index contributed by atoms with van der Waals surface area (Å²) in [5, 5.41) is 2.74. The zero-order valence-electron chi connectivity index (χ0n) is 18.9. The van der Waals surface area contributed by atoms with Crippen molar-refractivity contribution in [3.63, 3.8) is 0 Å². The minimum absolute atomic E-state index is 0.145. The standard InChI is InChI=1S/C24H30N2O6S/c1-3-5-16-25-33(29,30)21-12-10-20(11-13-21)32-17-22(27)26-19-8-6-18(7-9-19)24(14-15-24)23(28)31-4-2/h6-13,25H,3-5,14-17H2,1-2H3,(H,26,27). The van der Waals surface area contributed by atoms with Gasteiger partial charge in [0.1, 0.15) is 5.75 Å². The lowest BCUT2D eigenvalue weighted by atomic mass is 9.96. The quantitative estimate of drug-likeness (QED) is 0.360. The fourth-order valence-corrected chi connectivity index (χ4v) is 4.48. The molecule has 1 aliphatic rings. The van der Waals surface area contributed by atoms with Crippen LogP contribution in [0.2, 0.25) is 0 Å². The Kier molecular flexibility index (Phi) is 8.10. The first-order valence-corrected chi connectivity index (χ1v) is 12.6. The van der Waals surface area contributed by atoms with Gasteiger partial charge in [0.15, 0.2) is 6.61 Å². The maximum atomic E-state index is 12.2. The van der Waals surface area contributed by atoms with Crippen LogP contribution in [0, 0.1) is 0 Å². The highest BCUT2D eigenvalue weighted by molar-refractivity contribution is 7.89. The van der Waals surface area contributed by atoms with E-state index >= 15 is 0 Å². The fraction of sp³-hybridized carbons (Fsp3) is 0.417. The predicted molar refractivity (Wildman–Crippen MR) is 125 cm³/mol. The van der Waals surface area contributed by atoms with Gasteiger partial charge in [0, 0.05) is 12.2 Å². The number of hydrogen-bond acceptors (Lipinski definition) is 6. The highest BCUT2D eigenvalue weighted by Gasteiger charge is 2.52. The van der Waals surface area contributed by atoms with Crippen molar-refractivity contribution in [3.05, 3.63) is 54.1 Å². The van der Waals surface area contributed by atoms with Crippen LogP contribution in [0.15, 0.2) is 53.4 Å². The number of amides is 1. The molecule has 178 valence electrons. The Morgan fingerprint density at radius 2 is 1.67 bits per heavy atom. The van der Waals surface area contributed by atoms with Crippen LogP contribution in [-0.2, 0) is 29.8 Å². The molecular formula is C24H30N2O6S. The van der Waals surface area contributed by atoms with Crippen LogP contribution in [0.4, 0.5) is 5.69 Å². The van der Waals surface area contributed by atoms with Gasteiger partial charge < -0.3 is 14.8 Å². The molecule has 0 unspecified atom stereocenters. The molecule has 0 heterocycles. The van der Waals surface area contributed by atoms with Gasteiger partial charge in [-0.25, -0.2) is 13.1 Å². The topological polar surface area (TPSA) is 111 Å². The second kappa shape index (κ2) is 10.8. The first kappa shape index (κ1) is 24.7. The molecule has 1 fully saturated rings. The molecule has 2 aromatic carbocycles. The Bertz CT molecular complexity index is 1060. The van der Waals surface area contributed by atoms with Gasteiger partial charge in [-0.2, -0.15) is 0 Å². The van der Waals surface area contributed by atoms with E-state index in [1.54, 1.807) is 19.1 Å². The summed E-state index contributed by atoms with van der Waals surface area (Å²) in [4.78, 5) is 24.6. The molecule has 1 saturated carbocycles. The highest BCUT2D eigenvalue weighted by atomic mass is 32.2. The van der Waals surface area contributed by atoms with Crippen LogP contribution >= 0.6 is 0 Å². The number of rotatable bonds is 12. The molecular weight excluding hydrogens is 444 g/mol. The van der Waals surface area contributed by atoms with Gasteiger partial charge in [-0.15, -0.1) is 0 Å². The number of carbonyl (C=O) groups excluding carboxylic acids is 2. The minimum atomic E-state index is -3.55. The molecule has 9 heteroatoms. The lowest BCUT2D eigenvalue weighted by Crippen LogP contribution is -2.24. The summed E-state index contributed by atoms with van der Waals surface area (Å²) in [6.45, 7) is 4.29. The molecule has 0 saturated heterocycles. The summed E-state index contributed by atoms with van der Waals surface area (Å²) in [6, 6.07) is 13.1. The third kappa shape index (κ3) is 6.33. The second-order valence-electron chi connectivity index (χ2n) is 7.94. The van der Waals surface area contributed by atoms with E-state index in [0.717, 1.165) is 31.2 Å². The first-order chi connectivity index (χ1) is 15.8. The largest absolute Gasteiger partial charge is 0.484 e. The van der Waals surface area contributed by atoms with Crippen LogP contribution in [0.3, 0.4) is 0 Å². The Morgan fingerprint density at radius 3 is 2.24 bits per heavy atom. The summed E-state index contributed by atoms with van der Waals surface area (Å²) in [7, 11) is -3.55. The van der Waals surface area contributed by atoms with Gasteiger partial charge in [0.05, 0.1) is 16.9 Å². The fourth-order valence-electron chi connectivity index (χ4n) is 3.41. The molecule has 1 amide bonds. The third-order valence-corrected chi connectivity index (χ3v) is 6.94. The highest BCUT2D eigenvalue weighted by Crippen LogP contribution is 2.49. The van der Waals surface area contributed by atoms with Crippen molar-refractivity contribution < 1.29 is 27.5 Å². The average Bonchev–Trinajstić information content (AvgIpc) is 3.61. The van der Waals surface area contributed by atoms with Crippen LogP contribution in [-0.4, -0.2) is 40.1 Å². The smallest absolute Gasteiger partial charge is 0.316 e. The Labute approximate surface area is 194 Å². The van der Waals surface area contributed by atoms with Gasteiger partial charge in [0.2, 0.25) is 10.0 Å². The lowest BCUT2D eigenvalue weighted by Gasteiger charge is -2.15. The number of nitrogens with one attached hydrogen (secondary N) is 2. The molecule has 3 rings (SSSR count). The summed E-state index contributed by atoms with van der Waals surface area (Å²) < 4.78 is 37.6. The number of esters is 1. The normalized spacial score (nSPS) is 14.4. The Balaban J connectivity index is 1.50. The summed E-state index contributed by atoms with van der Waals surface area (Å²) in [5.74, 6) is -0.170. The van der Waals surface area contributed by atoms with Crippen LogP contribution in [0.5, 0.6) is 5.75 Å². The number of benzene rings is 2. The van der Waals surface area contributed by atoms with E-state index in [4.69, 9.17) is 9.47 Å². The number of anilines is 1. The van der Waals surface area contributed by atoms with E-state index in [2.05, 4.69) is 10.0 Å². The maximum absolute atomic E-state index is 12.2. The van der Waals surface area contributed by atoms with E-state index in [1.165, 1.54) is 24.3 Å². The number of hydrogen-bond donors (Lipinski definition) is 2. The van der Waals surface area contributed by atoms with Crippen molar-refractivity contribution in [2.45, 2.75) is 49.8 Å². The maximum Gasteiger partial charge on any atom is 0.316 e. The van der Waals surface area contributed by atoms with Gasteiger partial charge in [-0.05, 0) is 68.1 Å².